The number of ether oxygens (including phenoxy) is 1. The van der Waals surface area contributed by atoms with Crippen LogP contribution >= 0.6 is 0 Å². The first kappa shape index (κ1) is 17.4. The summed E-state index contributed by atoms with van der Waals surface area (Å²) in [7, 11) is -1.89. The summed E-state index contributed by atoms with van der Waals surface area (Å²) in [4.78, 5) is 2.49. The summed E-state index contributed by atoms with van der Waals surface area (Å²) in [5.41, 5.74) is 0.455. The normalized spacial score (nSPS) is 24.8. The summed E-state index contributed by atoms with van der Waals surface area (Å²) < 4.78 is 33.3. The molecule has 6 nitrogen and oxygen atoms in total. The van der Waals surface area contributed by atoms with Gasteiger partial charge >= 0.3 is 0 Å². The van der Waals surface area contributed by atoms with Crippen LogP contribution in [-0.4, -0.2) is 52.7 Å². The molecule has 130 valence electrons. The third-order valence-electron chi connectivity index (χ3n) is 4.88. The fraction of sp³-hybridized carbons (Fsp3) is 0.588. The Morgan fingerprint density at radius 2 is 2.00 bits per heavy atom. The van der Waals surface area contributed by atoms with Gasteiger partial charge in [-0.2, -0.15) is 5.26 Å². The standard InChI is InChI=1S/C17H23N3O3S/c1-23-9-8-20-11-16(14-4-5-14)17(12-20)19-24(21,22)15-6-2-13(10-18)3-7-15/h2-3,6-7,14,16-17,19H,4-5,8-9,11-12H2,1H3/t16-,17+/m0/s1. The average Bonchev–Trinajstić information content (AvgIpc) is 3.35. The van der Waals surface area contributed by atoms with Gasteiger partial charge in [0.15, 0.2) is 0 Å². The fourth-order valence-corrected chi connectivity index (χ4v) is 4.70. The Hall–Kier alpha value is -1.46. The van der Waals surface area contributed by atoms with Gasteiger partial charge in [-0.1, -0.05) is 0 Å². The van der Waals surface area contributed by atoms with Crippen molar-refractivity contribution in [2.75, 3.05) is 33.4 Å². The lowest BCUT2D eigenvalue weighted by molar-refractivity contribution is 0.158. The van der Waals surface area contributed by atoms with Gasteiger partial charge in [-0.15, -0.1) is 0 Å². The van der Waals surface area contributed by atoms with E-state index < -0.39 is 10.0 Å². The smallest absolute Gasteiger partial charge is 0.240 e. The van der Waals surface area contributed by atoms with Gasteiger partial charge in [-0.25, -0.2) is 13.1 Å². The number of hydrogen-bond donors (Lipinski definition) is 1. The van der Waals surface area contributed by atoms with Crippen LogP contribution in [0.3, 0.4) is 0 Å². The van der Waals surface area contributed by atoms with Crippen LogP contribution < -0.4 is 4.72 Å². The van der Waals surface area contributed by atoms with E-state index in [2.05, 4.69) is 9.62 Å². The second kappa shape index (κ2) is 7.19. The Labute approximate surface area is 143 Å². The van der Waals surface area contributed by atoms with Crippen molar-refractivity contribution in [1.29, 1.82) is 5.26 Å². The van der Waals surface area contributed by atoms with Crippen molar-refractivity contribution < 1.29 is 13.2 Å². The van der Waals surface area contributed by atoms with E-state index in [4.69, 9.17) is 10.00 Å². The highest BCUT2D eigenvalue weighted by molar-refractivity contribution is 7.89. The van der Waals surface area contributed by atoms with Crippen LogP contribution in [0.25, 0.3) is 0 Å². The van der Waals surface area contributed by atoms with Crippen molar-refractivity contribution in [2.24, 2.45) is 11.8 Å². The van der Waals surface area contributed by atoms with E-state index in [0.717, 1.165) is 19.6 Å². The maximum atomic E-state index is 12.7. The van der Waals surface area contributed by atoms with Crippen LogP contribution in [-0.2, 0) is 14.8 Å². The number of likely N-dealkylation sites (tertiary alicyclic amines) is 1. The largest absolute Gasteiger partial charge is 0.383 e. The van der Waals surface area contributed by atoms with Crippen LogP contribution in [0.2, 0.25) is 0 Å². The van der Waals surface area contributed by atoms with Crippen molar-refractivity contribution in [2.45, 2.75) is 23.8 Å². The SMILES string of the molecule is COCCN1C[C@@H](NS(=O)(=O)c2ccc(C#N)cc2)[C@H](C2CC2)C1. The van der Waals surface area contributed by atoms with Gasteiger partial charge in [0.05, 0.1) is 23.1 Å². The lowest BCUT2D eigenvalue weighted by atomic mass is 9.99. The average molecular weight is 349 g/mol. The molecule has 1 saturated heterocycles. The molecule has 0 spiro atoms. The molecule has 1 aromatic carbocycles. The number of nitrogens with zero attached hydrogens (tertiary/aromatic N) is 2. The number of hydrogen-bond acceptors (Lipinski definition) is 5. The Balaban J connectivity index is 1.71. The van der Waals surface area contributed by atoms with Gasteiger partial charge in [-0.3, -0.25) is 4.90 Å². The van der Waals surface area contributed by atoms with Crippen LogP contribution in [0.1, 0.15) is 18.4 Å². The summed E-state index contributed by atoms with van der Waals surface area (Å²) in [6.45, 7) is 3.13. The molecule has 1 saturated carbocycles. The zero-order valence-corrected chi connectivity index (χ0v) is 14.6. The first-order valence-corrected chi connectivity index (χ1v) is 9.75. The van der Waals surface area contributed by atoms with E-state index in [1.807, 2.05) is 6.07 Å². The number of benzene rings is 1. The van der Waals surface area contributed by atoms with Gasteiger partial charge in [-0.05, 0) is 48.9 Å². The molecule has 1 N–H and O–H groups in total. The molecule has 1 heterocycles. The van der Waals surface area contributed by atoms with Gasteiger partial charge in [0.25, 0.3) is 0 Å². The fourth-order valence-electron chi connectivity index (χ4n) is 3.42. The summed E-state index contributed by atoms with van der Waals surface area (Å²) in [5.74, 6) is 1.00. The second-order valence-corrected chi connectivity index (χ2v) is 8.33. The van der Waals surface area contributed by atoms with Crippen LogP contribution in [0.4, 0.5) is 0 Å². The summed E-state index contributed by atoms with van der Waals surface area (Å²) >= 11 is 0. The molecule has 1 aliphatic carbocycles. The third-order valence-corrected chi connectivity index (χ3v) is 6.39. The molecule has 2 atom stereocenters. The minimum absolute atomic E-state index is 0.0602. The van der Waals surface area contributed by atoms with E-state index in [9.17, 15) is 8.42 Å². The number of nitrogens with one attached hydrogen (secondary N) is 1. The lowest BCUT2D eigenvalue weighted by Crippen LogP contribution is -2.41. The minimum Gasteiger partial charge on any atom is -0.383 e. The van der Waals surface area contributed by atoms with Crippen molar-refractivity contribution >= 4 is 10.0 Å². The quantitative estimate of drug-likeness (QED) is 0.800. The Morgan fingerprint density at radius 3 is 2.58 bits per heavy atom. The van der Waals surface area contributed by atoms with Crippen LogP contribution in [0, 0.1) is 23.2 Å². The maximum absolute atomic E-state index is 12.7. The van der Waals surface area contributed by atoms with Gasteiger partial charge in [0, 0.05) is 32.8 Å². The van der Waals surface area contributed by atoms with Gasteiger partial charge < -0.3 is 4.74 Å². The summed E-state index contributed by atoms with van der Waals surface area (Å²) in [6.07, 6.45) is 2.38. The Morgan fingerprint density at radius 1 is 1.29 bits per heavy atom. The maximum Gasteiger partial charge on any atom is 0.240 e. The molecule has 3 rings (SSSR count). The molecule has 2 fully saturated rings. The molecular weight excluding hydrogens is 326 g/mol. The molecule has 0 unspecified atom stereocenters. The van der Waals surface area contributed by atoms with Gasteiger partial charge in [0.1, 0.15) is 0 Å². The number of methoxy groups -OCH3 is 1. The van der Waals surface area contributed by atoms with Crippen molar-refractivity contribution in [3.8, 4) is 6.07 Å². The predicted octanol–water partition coefficient (Wildman–Crippen LogP) is 1.19. The van der Waals surface area contributed by atoms with E-state index >= 15 is 0 Å². The molecule has 0 aromatic heterocycles. The van der Waals surface area contributed by atoms with E-state index in [-0.39, 0.29) is 10.9 Å². The van der Waals surface area contributed by atoms with Crippen LogP contribution in [0.15, 0.2) is 29.2 Å². The van der Waals surface area contributed by atoms with Crippen molar-refractivity contribution in [1.82, 2.24) is 9.62 Å². The molecule has 24 heavy (non-hydrogen) atoms. The summed E-state index contributed by atoms with van der Waals surface area (Å²) in [5, 5.41) is 8.83. The zero-order valence-electron chi connectivity index (χ0n) is 13.8. The molecule has 7 heteroatoms. The third kappa shape index (κ3) is 3.95. The second-order valence-electron chi connectivity index (χ2n) is 6.62. The topological polar surface area (TPSA) is 82.4 Å². The zero-order chi connectivity index (χ0) is 17.2. The molecule has 0 bridgehead atoms. The van der Waals surface area contributed by atoms with E-state index in [1.165, 1.54) is 37.1 Å². The van der Waals surface area contributed by atoms with E-state index in [0.29, 0.717) is 24.0 Å². The Bertz CT molecular complexity index is 708. The van der Waals surface area contributed by atoms with E-state index in [1.54, 1.807) is 7.11 Å². The number of nitriles is 1. The van der Waals surface area contributed by atoms with Gasteiger partial charge in [0.2, 0.25) is 10.0 Å². The number of rotatable bonds is 7. The first-order chi connectivity index (χ1) is 11.5. The summed E-state index contributed by atoms with van der Waals surface area (Å²) in [6, 6.07) is 7.99. The van der Waals surface area contributed by atoms with Crippen molar-refractivity contribution in [3.05, 3.63) is 29.8 Å². The highest BCUT2D eigenvalue weighted by Gasteiger charge is 2.43. The van der Waals surface area contributed by atoms with Crippen molar-refractivity contribution in [3.63, 3.8) is 0 Å². The first-order valence-electron chi connectivity index (χ1n) is 8.27. The molecular formula is C17H23N3O3S. The molecule has 1 aliphatic heterocycles. The molecule has 1 aromatic rings. The molecule has 0 amide bonds. The Kier molecular flexibility index (Phi) is 5.21. The molecule has 2 aliphatic rings. The highest BCUT2D eigenvalue weighted by Crippen LogP contribution is 2.41. The predicted molar refractivity (Wildman–Crippen MR) is 89.8 cm³/mol. The molecule has 0 radical (unpaired) electrons. The van der Waals surface area contributed by atoms with Crippen LogP contribution in [0.5, 0.6) is 0 Å². The lowest BCUT2D eigenvalue weighted by Gasteiger charge is -2.19. The monoisotopic (exact) mass is 349 g/mol. The number of sulfonamides is 1. The minimum atomic E-state index is -3.57. The highest BCUT2D eigenvalue weighted by atomic mass is 32.2.